The van der Waals surface area contributed by atoms with E-state index in [4.69, 9.17) is 0 Å². The number of alkyl halides is 3. The molecule has 1 amide bonds. The predicted molar refractivity (Wildman–Crippen MR) is 86.7 cm³/mol. The topological polar surface area (TPSA) is 84.2 Å². The van der Waals surface area contributed by atoms with Gasteiger partial charge in [0.15, 0.2) is 0 Å². The van der Waals surface area contributed by atoms with Gasteiger partial charge in [0.25, 0.3) is 5.91 Å². The van der Waals surface area contributed by atoms with Crippen LogP contribution in [0.5, 0.6) is 0 Å². The molecule has 26 heavy (non-hydrogen) atoms. The fourth-order valence-electron chi connectivity index (χ4n) is 3.00. The summed E-state index contributed by atoms with van der Waals surface area (Å²) in [4.78, 5) is 27.2. The zero-order valence-electron chi connectivity index (χ0n) is 14.2. The zero-order chi connectivity index (χ0) is 19.2. The van der Waals surface area contributed by atoms with Gasteiger partial charge in [-0.3, -0.25) is 4.79 Å². The molecule has 1 atom stereocenters. The molecule has 2 N–H and O–H groups in total. The third-order valence-electron chi connectivity index (χ3n) is 4.37. The number of carbonyl (C=O) groups excluding carboxylic acids is 1. The fourth-order valence-corrected chi connectivity index (χ4v) is 3.00. The number of imidazole rings is 1. The van der Waals surface area contributed by atoms with Crippen LogP contribution < -0.4 is 5.32 Å². The lowest BCUT2D eigenvalue weighted by molar-refractivity contribution is -0.147. The van der Waals surface area contributed by atoms with E-state index in [1.165, 1.54) is 18.2 Å². The number of nitrogens with zero attached hydrogens (tertiary/aromatic N) is 2. The monoisotopic (exact) mass is 369 g/mol. The van der Waals surface area contributed by atoms with Crippen LogP contribution in [0.25, 0.3) is 11.0 Å². The van der Waals surface area contributed by atoms with Crippen molar-refractivity contribution in [3.05, 3.63) is 29.6 Å². The molecule has 0 saturated heterocycles. The van der Waals surface area contributed by atoms with Crippen molar-refractivity contribution in [3.63, 3.8) is 0 Å². The van der Waals surface area contributed by atoms with Crippen molar-refractivity contribution in [1.29, 1.82) is 0 Å². The maximum Gasteiger partial charge on any atom is 0.449 e. The van der Waals surface area contributed by atoms with Crippen molar-refractivity contribution in [2.75, 3.05) is 0 Å². The average molecular weight is 369 g/mol. The summed E-state index contributed by atoms with van der Waals surface area (Å²) in [6.45, 7) is 3.23. The second kappa shape index (κ2) is 6.30. The van der Waals surface area contributed by atoms with E-state index in [9.17, 15) is 27.9 Å². The van der Waals surface area contributed by atoms with Gasteiger partial charge in [-0.2, -0.15) is 13.2 Å². The average Bonchev–Trinajstić information content (AvgIpc) is 3.28. The molecular weight excluding hydrogens is 351 g/mol. The Bertz CT molecular complexity index is 869. The van der Waals surface area contributed by atoms with Gasteiger partial charge in [0.05, 0.1) is 11.0 Å². The number of hydrogen-bond acceptors (Lipinski definition) is 3. The second-order valence-corrected chi connectivity index (χ2v) is 6.73. The Labute approximate surface area is 147 Å². The molecule has 0 bridgehead atoms. The number of carboxylic acids is 1. The number of nitrogens with one attached hydrogen (secondary N) is 1. The van der Waals surface area contributed by atoms with Gasteiger partial charge in [-0.05, 0) is 50.8 Å². The Balaban J connectivity index is 1.96. The summed E-state index contributed by atoms with van der Waals surface area (Å²) in [5.74, 6) is -2.89. The van der Waals surface area contributed by atoms with Crippen molar-refractivity contribution >= 4 is 22.9 Å². The minimum atomic E-state index is -4.62. The predicted octanol–water partition coefficient (Wildman–Crippen LogP) is 3.23. The summed E-state index contributed by atoms with van der Waals surface area (Å²) >= 11 is 0. The highest BCUT2D eigenvalue weighted by atomic mass is 19.4. The van der Waals surface area contributed by atoms with Crippen LogP contribution in [0.1, 0.15) is 48.9 Å². The molecule has 1 heterocycles. The van der Waals surface area contributed by atoms with Gasteiger partial charge in [-0.15, -0.1) is 0 Å². The van der Waals surface area contributed by atoms with Crippen molar-refractivity contribution in [1.82, 2.24) is 14.9 Å². The first-order valence-corrected chi connectivity index (χ1v) is 8.22. The largest absolute Gasteiger partial charge is 0.480 e. The first-order valence-electron chi connectivity index (χ1n) is 8.22. The van der Waals surface area contributed by atoms with Crippen LogP contribution in [0.4, 0.5) is 13.2 Å². The Morgan fingerprint density at radius 3 is 2.46 bits per heavy atom. The molecule has 1 aromatic carbocycles. The molecule has 140 valence electrons. The molecule has 0 spiro atoms. The summed E-state index contributed by atoms with van der Waals surface area (Å²) in [5, 5.41) is 11.6. The van der Waals surface area contributed by atoms with Gasteiger partial charge in [-0.1, -0.05) is 0 Å². The molecular formula is C17H18F3N3O3. The molecule has 1 saturated carbocycles. The van der Waals surface area contributed by atoms with Crippen molar-refractivity contribution < 1.29 is 27.9 Å². The molecule has 3 rings (SSSR count). The summed E-state index contributed by atoms with van der Waals surface area (Å²) in [6.07, 6.45) is -3.17. The molecule has 9 heteroatoms. The van der Waals surface area contributed by atoms with Crippen LogP contribution in [0.2, 0.25) is 0 Å². The zero-order valence-corrected chi connectivity index (χ0v) is 14.2. The third-order valence-corrected chi connectivity index (χ3v) is 4.37. The molecule has 1 aliphatic rings. The maximum atomic E-state index is 13.2. The van der Waals surface area contributed by atoms with Crippen LogP contribution in [-0.4, -0.2) is 32.6 Å². The Morgan fingerprint density at radius 2 is 1.96 bits per heavy atom. The summed E-state index contributed by atoms with van der Waals surface area (Å²) in [6, 6.07) is 2.58. The lowest BCUT2D eigenvalue weighted by Gasteiger charge is -2.15. The fraction of sp³-hybridized carbons (Fsp3) is 0.471. The Morgan fingerprint density at radius 1 is 1.31 bits per heavy atom. The number of halogens is 3. The van der Waals surface area contributed by atoms with Crippen LogP contribution >= 0.6 is 0 Å². The first-order chi connectivity index (χ1) is 12.1. The minimum absolute atomic E-state index is 0.0389. The van der Waals surface area contributed by atoms with Crippen LogP contribution in [0, 0.1) is 5.92 Å². The quantitative estimate of drug-likeness (QED) is 0.848. The van der Waals surface area contributed by atoms with Crippen LogP contribution in [0.3, 0.4) is 0 Å². The van der Waals surface area contributed by atoms with Crippen LogP contribution in [-0.2, 0) is 11.0 Å². The number of carboxylic acid groups (broad SMARTS) is 1. The molecule has 1 aliphatic carbocycles. The lowest BCUT2D eigenvalue weighted by Crippen LogP contribution is -2.42. The minimum Gasteiger partial charge on any atom is -0.480 e. The van der Waals surface area contributed by atoms with Gasteiger partial charge in [0.2, 0.25) is 5.82 Å². The second-order valence-electron chi connectivity index (χ2n) is 6.73. The van der Waals surface area contributed by atoms with E-state index in [0.717, 1.165) is 17.4 Å². The third kappa shape index (κ3) is 3.38. The number of carbonyl (C=O) groups is 2. The first kappa shape index (κ1) is 18.2. The summed E-state index contributed by atoms with van der Waals surface area (Å²) in [5.41, 5.74) is 0.379. The van der Waals surface area contributed by atoms with Gasteiger partial charge in [0, 0.05) is 11.6 Å². The summed E-state index contributed by atoms with van der Waals surface area (Å²) < 4.78 is 40.8. The van der Waals surface area contributed by atoms with Crippen molar-refractivity contribution in [2.45, 2.75) is 44.9 Å². The Kier molecular flexibility index (Phi) is 4.41. The van der Waals surface area contributed by atoms with E-state index in [-0.39, 0.29) is 22.5 Å². The van der Waals surface area contributed by atoms with Crippen molar-refractivity contribution in [3.8, 4) is 0 Å². The van der Waals surface area contributed by atoms with Gasteiger partial charge in [0.1, 0.15) is 6.04 Å². The molecule has 1 aromatic heterocycles. The standard InChI is InChI=1S/C17H18F3N3O3/c1-8(2)23-12-6-5-10(7-11(12)21-16(23)17(18,19)20)14(24)22-13(15(25)26)9-3-4-9/h5-9,13H,3-4H2,1-2H3,(H,22,24)(H,25,26). The number of benzene rings is 1. The van der Waals surface area contributed by atoms with Crippen LogP contribution in [0.15, 0.2) is 18.2 Å². The van der Waals surface area contributed by atoms with E-state index in [1.807, 2.05) is 0 Å². The number of rotatable bonds is 5. The highest BCUT2D eigenvalue weighted by Gasteiger charge is 2.39. The van der Waals surface area contributed by atoms with E-state index in [1.54, 1.807) is 13.8 Å². The molecule has 2 aromatic rings. The lowest BCUT2D eigenvalue weighted by atomic mass is 10.1. The molecule has 0 radical (unpaired) electrons. The van der Waals surface area contributed by atoms with Gasteiger partial charge >= 0.3 is 12.1 Å². The van der Waals surface area contributed by atoms with E-state index >= 15 is 0 Å². The number of aliphatic carboxylic acids is 1. The summed E-state index contributed by atoms with van der Waals surface area (Å²) in [7, 11) is 0. The van der Waals surface area contributed by atoms with Crippen molar-refractivity contribution in [2.24, 2.45) is 5.92 Å². The number of amides is 1. The molecule has 6 nitrogen and oxygen atoms in total. The number of hydrogen-bond donors (Lipinski definition) is 2. The van der Waals surface area contributed by atoms with E-state index < -0.39 is 36.0 Å². The van der Waals surface area contributed by atoms with Gasteiger partial charge in [-0.25, -0.2) is 9.78 Å². The smallest absolute Gasteiger partial charge is 0.449 e. The Hall–Kier alpha value is -2.58. The molecule has 1 unspecified atom stereocenters. The number of fused-ring (bicyclic) bond motifs is 1. The highest BCUT2D eigenvalue weighted by Crippen LogP contribution is 2.34. The van der Waals surface area contributed by atoms with Gasteiger partial charge < -0.3 is 15.0 Å². The molecule has 1 fully saturated rings. The normalized spacial score (nSPS) is 16.1. The molecule has 0 aliphatic heterocycles. The van der Waals surface area contributed by atoms with E-state index in [2.05, 4.69) is 10.3 Å². The maximum absolute atomic E-state index is 13.2. The SMILES string of the molecule is CC(C)n1c(C(F)(F)F)nc2cc(C(=O)NC(C(=O)O)C3CC3)ccc21. The van der Waals surface area contributed by atoms with E-state index in [0.29, 0.717) is 0 Å². The number of aromatic nitrogens is 2. The highest BCUT2D eigenvalue weighted by molar-refractivity contribution is 5.99.